The molecular formula is C27H42N4O2. The second-order valence-corrected chi connectivity index (χ2v) is 11.8. The number of amides is 2. The highest BCUT2D eigenvalue weighted by molar-refractivity contribution is 5.93. The monoisotopic (exact) mass is 454 g/mol. The number of aryl methyl sites for hydroxylation is 1. The Morgan fingerprint density at radius 1 is 1.15 bits per heavy atom. The Labute approximate surface area is 199 Å². The van der Waals surface area contributed by atoms with E-state index in [2.05, 4.69) is 50.6 Å². The molecule has 3 N–H and O–H groups in total. The molecule has 6 heteroatoms. The first-order valence-corrected chi connectivity index (χ1v) is 12.7. The van der Waals surface area contributed by atoms with E-state index in [0.717, 1.165) is 55.6 Å². The summed E-state index contributed by atoms with van der Waals surface area (Å²) in [5.41, 5.74) is 3.11. The van der Waals surface area contributed by atoms with Gasteiger partial charge < -0.3 is 20.9 Å². The number of likely N-dealkylation sites (tertiary alicyclic amines) is 1. The van der Waals surface area contributed by atoms with Gasteiger partial charge in [-0.2, -0.15) is 0 Å². The van der Waals surface area contributed by atoms with Gasteiger partial charge in [0.2, 0.25) is 11.8 Å². The Bertz CT molecular complexity index is 893. The third kappa shape index (κ3) is 5.12. The van der Waals surface area contributed by atoms with Crippen molar-refractivity contribution in [3.8, 4) is 0 Å². The number of carbonyl (C=O) groups is 2. The molecule has 3 saturated heterocycles. The third-order valence-electron chi connectivity index (χ3n) is 8.29. The van der Waals surface area contributed by atoms with Crippen molar-refractivity contribution < 1.29 is 9.59 Å². The highest BCUT2D eigenvalue weighted by Gasteiger charge is 2.43. The standard InChI is InChI=1S/C27H42N4O2/c1-16-7-8-20(30-25(32)18-9-10-28-24(13-18)27(3,4)5)14-21(16)22-12-19-15-29-17(2)11-23(19)31(6)26(22)33/h7-8,14,17-19,22-24,28-29H,9-13,15H2,1-6H3,(H,30,32). The van der Waals surface area contributed by atoms with E-state index in [9.17, 15) is 9.59 Å². The van der Waals surface area contributed by atoms with Gasteiger partial charge in [-0.15, -0.1) is 0 Å². The lowest BCUT2D eigenvalue weighted by atomic mass is 9.75. The number of carbonyl (C=O) groups excluding carboxylic acids is 2. The average molecular weight is 455 g/mol. The molecule has 0 bridgehead atoms. The predicted octanol–water partition coefficient (Wildman–Crippen LogP) is 3.66. The van der Waals surface area contributed by atoms with Crippen molar-refractivity contribution in [2.75, 3.05) is 25.5 Å². The van der Waals surface area contributed by atoms with Crippen molar-refractivity contribution in [1.82, 2.24) is 15.5 Å². The summed E-state index contributed by atoms with van der Waals surface area (Å²) in [6, 6.07) is 7.18. The highest BCUT2D eigenvalue weighted by Crippen LogP contribution is 2.39. The van der Waals surface area contributed by atoms with Gasteiger partial charge in [-0.05, 0) is 80.7 Å². The molecule has 0 radical (unpaired) electrons. The maximum atomic E-state index is 13.4. The quantitative estimate of drug-likeness (QED) is 0.652. The molecule has 6 atom stereocenters. The Morgan fingerprint density at radius 2 is 1.91 bits per heavy atom. The van der Waals surface area contributed by atoms with Crippen LogP contribution in [0.15, 0.2) is 18.2 Å². The summed E-state index contributed by atoms with van der Waals surface area (Å²) in [7, 11) is 1.97. The van der Waals surface area contributed by atoms with Gasteiger partial charge in [-0.3, -0.25) is 9.59 Å². The van der Waals surface area contributed by atoms with Crippen molar-refractivity contribution in [3.63, 3.8) is 0 Å². The molecule has 0 aromatic heterocycles. The number of hydrogen-bond acceptors (Lipinski definition) is 4. The largest absolute Gasteiger partial charge is 0.342 e. The van der Waals surface area contributed by atoms with E-state index in [4.69, 9.17) is 0 Å². The first-order chi connectivity index (χ1) is 15.5. The van der Waals surface area contributed by atoms with Crippen LogP contribution in [0, 0.1) is 24.2 Å². The Hall–Kier alpha value is -1.92. The van der Waals surface area contributed by atoms with Crippen LogP contribution >= 0.6 is 0 Å². The van der Waals surface area contributed by atoms with Gasteiger partial charge in [0.15, 0.2) is 0 Å². The topological polar surface area (TPSA) is 73.5 Å². The maximum absolute atomic E-state index is 13.4. The van der Waals surface area contributed by atoms with Gasteiger partial charge in [0.05, 0.1) is 5.92 Å². The fraction of sp³-hybridized carbons (Fsp3) is 0.704. The van der Waals surface area contributed by atoms with Crippen LogP contribution in [0.25, 0.3) is 0 Å². The lowest BCUT2D eigenvalue weighted by Gasteiger charge is -2.47. The number of anilines is 1. The minimum Gasteiger partial charge on any atom is -0.342 e. The molecule has 1 aromatic carbocycles. The van der Waals surface area contributed by atoms with Crippen LogP contribution in [0.1, 0.15) is 70.4 Å². The van der Waals surface area contributed by atoms with Crippen LogP contribution in [-0.2, 0) is 9.59 Å². The number of nitrogens with zero attached hydrogens (tertiary/aromatic N) is 1. The minimum absolute atomic E-state index is 0.0127. The number of nitrogens with one attached hydrogen (secondary N) is 3. The molecule has 3 aliphatic heterocycles. The summed E-state index contributed by atoms with van der Waals surface area (Å²) < 4.78 is 0. The summed E-state index contributed by atoms with van der Waals surface area (Å²) in [6.45, 7) is 12.8. The van der Waals surface area contributed by atoms with E-state index < -0.39 is 0 Å². The predicted molar refractivity (Wildman–Crippen MR) is 133 cm³/mol. The fourth-order valence-corrected chi connectivity index (χ4v) is 6.07. The SMILES string of the molecule is Cc1ccc(NC(=O)C2CCNC(C(C)(C)C)C2)cc1C1CC2CNC(C)CC2N(C)C1=O. The Kier molecular flexibility index (Phi) is 6.88. The number of benzene rings is 1. The lowest BCUT2D eigenvalue weighted by molar-refractivity contribution is -0.140. The van der Waals surface area contributed by atoms with Gasteiger partial charge in [-0.1, -0.05) is 26.8 Å². The normalized spacial score (nSPS) is 32.9. The maximum Gasteiger partial charge on any atom is 0.230 e. The van der Waals surface area contributed by atoms with E-state index in [1.165, 1.54) is 0 Å². The van der Waals surface area contributed by atoms with Gasteiger partial charge in [0, 0.05) is 43.3 Å². The average Bonchev–Trinajstić information content (AvgIpc) is 2.77. The molecule has 3 heterocycles. The Morgan fingerprint density at radius 3 is 2.64 bits per heavy atom. The second-order valence-electron chi connectivity index (χ2n) is 11.8. The molecule has 3 aliphatic rings. The summed E-state index contributed by atoms with van der Waals surface area (Å²) in [4.78, 5) is 28.5. The minimum atomic E-state index is -0.146. The van der Waals surface area contributed by atoms with Crippen molar-refractivity contribution in [3.05, 3.63) is 29.3 Å². The molecule has 0 saturated carbocycles. The van der Waals surface area contributed by atoms with Crippen LogP contribution in [-0.4, -0.2) is 55.0 Å². The van der Waals surface area contributed by atoms with Crippen molar-refractivity contribution in [2.24, 2.45) is 17.3 Å². The zero-order chi connectivity index (χ0) is 23.9. The molecular weight excluding hydrogens is 412 g/mol. The zero-order valence-corrected chi connectivity index (χ0v) is 21.2. The first-order valence-electron chi connectivity index (χ1n) is 12.7. The number of fused-ring (bicyclic) bond motifs is 1. The summed E-state index contributed by atoms with van der Waals surface area (Å²) in [6.07, 6.45) is 3.60. The van der Waals surface area contributed by atoms with Crippen LogP contribution in [0.3, 0.4) is 0 Å². The smallest absolute Gasteiger partial charge is 0.230 e. The molecule has 2 amide bonds. The number of rotatable bonds is 3. The van der Waals surface area contributed by atoms with E-state index in [-0.39, 0.29) is 29.1 Å². The van der Waals surface area contributed by atoms with Crippen molar-refractivity contribution >= 4 is 17.5 Å². The van der Waals surface area contributed by atoms with Crippen LogP contribution in [0.5, 0.6) is 0 Å². The number of piperidine rings is 3. The molecule has 33 heavy (non-hydrogen) atoms. The molecule has 0 aliphatic carbocycles. The first kappa shape index (κ1) is 24.2. The molecule has 4 rings (SSSR count). The van der Waals surface area contributed by atoms with Crippen molar-refractivity contribution in [2.45, 2.75) is 84.3 Å². The number of hydrogen-bond donors (Lipinski definition) is 3. The number of likely N-dealkylation sites (N-methyl/N-ethyl adjacent to an activating group) is 1. The van der Waals surface area contributed by atoms with Gasteiger partial charge in [0.25, 0.3) is 0 Å². The van der Waals surface area contributed by atoms with Gasteiger partial charge >= 0.3 is 0 Å². The molecule has 3 fully saturated rings. The van der Waals surface area contributed by atoms with E-state index in [0.29, 0.717) is 24.0 Å². The van der Waals surface area contributed by atoms with Gasteiger partial charge in [0.1, 0.15) is 0 Å². The zero-order valence-electron chi connectivity index (χ0n) is 21.2. The summed E-state index contributed by atoms with van der Waals surface area (Å²) >= 11 is 0. The lowest BCUT2D eigenvalue weighted by Crippen LogP contribution is -2.57. The summed E-state index contributed by atoms with van der Waals surface area (Å²) in [5.74, 6) is 0.642. The molecule has 1 aromatic rings. The third-order valence-corrected chi connectivity index (χ3v) is 8.29. The van der Waals surface area contributed by atoms with Crippen LogP contribution in [0.4, 0.5) is 5.69 Å². The van der Waals surface area contributed by atoms with Gasteiger partial charge in [-0.25, -0.2) is 0 Å². The van der Waals surface area contributed by atoms with E-state index in [1.807, 2.05) is 30.1 Å². The fourth-order valence-electron chi connectivity index (χ4n) is 6.07. The molecule has 0 spiro atoms. The van der Waals surface area contributed by atoms with Crippen molar-refractivity contribution in [1.29, 1.82) is 0 Å². The van der Waals surface area contributed by atoms with Crippen LogP contribution in [0.2, 0.25) is 0 Å². The molecule has 182 valence electrons. The molecule has 6 nitrogen and oxygen atoms in total. The second kappa shape index (κ2) is 9.38. The van der Waals surface area contributed by atoms with E-state index >= 15 is 0 Å². The molecule has 6 unspecified atom stereocenters. The highest BCUT2D eigenvalue weighted by atomic mass is 16.2. The van der Waals surface area contributed by atoms with E-state index in [1.54, 1.807) is 0 Å². The Balaban J connectivity index is 1.49. The van der Waals surface area contributed by atoms with Crippen LogP contribution < -0.4 is 16.0 Å². The summed E-state index contributed by atoms with van der Waals surface area (Å²) in [5, 5.41) is 10.3.